The maximum atomic E-state index is 12.2. The van der Waals surface area contributed by atoms with Gasteiger partial charge in [0.1, 0.15) is 0 Å². The Hall–Kier alpha value is -1.51. The third kappa shape index (κ3) is 4.25. The summed E-state index contributed by atoms with van der Waals surface area (Å²) in [5, 5.41) is 13.9. The number of piperidine rings is 1. The maximum Gasteiger partial charge on any atom is 0.269 e. The second-order valence-corrected chi connectivity index (χ2v) is 8.15. The van der Waals surface area contributed by atoms with Gasteiger partial charge in [-0.05, 0) is 30.4 Å². The molecule has 7 nitrogen and oxygen atoms in total. The average Bonchev–Trinajstić information content (AvgIpc) is 2.46. The SMILES string of the molecule is CC1(C)CCC(CNS(=O)(=O)c2ccc([N+](=O)[O-])cc2)NC1. The molecule has 0 aliphatic carbocycles. The van der Waals surface area contributed by atoms with Crippen LogP contribution in [0.5, 0.6) is 0 Å². The van der Waals surface area contributed by atoms with Gasteiger partial charge in [0.15, 0.2) is 0 Å². The number of nitro groups is 1. The molecule has 1 heterocycles. The lowest BCUT2D eigenvalue weighted by molar-refractivity contribution is -0.384. The van der Waals surface area contributed by atoms with Gasteiger partial charge in [-0.1, -0.05) is 13.8 Å². The Morgan fingerprint density at radius 1 is 1.36 bits per heavy atom. The highest BCUT2D eigenvalue weighted by atomic mass is 32.2. The Bertz CT molecular complexity index is 631. The average molecular weight is 327 g/mol. The van der Waals surface area contributed by atoms with Crippen LogP contribution in [0.25, 0.3) is 0 Å². The number of nitrogens with zero attached hydrogens (tertiary/aromatic N) is 1. The zero-order valence-electron chi connectivity index (χ0n) is 12.7. The van der Waals surface area contributed by atoms with Gasteiger partial charge in [0.05, 0.1) is 9.82 Å². The molecule has 1 aromatic rings. The van der Waals surface area contributed by atoms with Crippen LogP contribution >= 0.6 is 0 Å². The molecule has 1 aliphatic rings. The Labute approximate surface area is 130 Å². The molecule has 2 N–H and O–H groups in total. The Morgan fingerprint density at radius 3 is 2.50 bits per heavy atom. The Morgan fingerprint density at radius 2 is 2.00 bits per heavy atom. The summed E-state index contributed by atoms with van der Waals surface area (Å²) in [6, 6.07) is 4.99. The highest BCUT2D eigenvalue weighted by molar-refractivity contribution is 7.89. The second kappa shape index (κ2) is 6.31. The molecule has 0 amide bonds. The minimum absolute atomic E-state index is 0.0363. The van der Waals surface area contributed by atoms with Crippen molar-refractivity contribution in [3.63, 3.8) is 0 Å². The van der Waals surface area contributed by atoms with Crippen molar-refractivity contribution in [1.29, 1.82) is 0 Å². The summed E-state index contributed by atoms with van der Waals surface area (Å²) in [6.45, 7) is 5.53. The first-order valence-corrected chi connectivity index (χ1v) is 8.65. The molecule has 1 atom stereocenters. The summed E-state index contributed by atoms with van der Waals surface area (Å²) in [7, 11) is -3.64. The van der Waals surface area contributed by atoms with Gasteiger partial charge < -0.3 is 5.32 Å². The van der Waals surface area contributed by atoms with Crippen molar-refractivity contribution in [2.75, 3.05) is 13.1 Å². The van der Waals surface area contributed by atoms with Crippen molar-refractivity contribution in [2.24, 2.45) is 5.41 Å². The largest absolute Gasteiger partial charge is 0.312 e. The van der Waals surface area contributed by atoms with Gasteiger partial charge in [0.25, 0.3) is 5.69 Å². The Kier molecular flexibility index (Phi) is 4.84. The van der Waals surface area contributed by atoms with Crippen LogP contribution in [0.2, 0.25) is 0 Å². The molecule has 1 aliphatic heterocycles. The van der Waals surface area contributed by atoms with Crippen LogP contribution in [-0.2, 0) is 10.0 Å². The molecule has 1 saturated heterocycles. The molecule has 8 heteroatoms. The standard InChI is InChI=1S/C14H21N3O4S/c1-14(2)8-7-11(15-10-14)9-16-22(20,21)13-5-3-12(4-6-13)17(18)19/h3-6,11,15-16H,7-10H2,1-2H3. The van der Waals surface area contributed by atoms with Gasteiger partial charge in [0.2, 0.25) is 10.0 Å². The second-order valence-electron chi connectivity index (χ2n) is 6.38. The van der Waals surface area contributed by atoms with E-state index in [1.54, 1.807) is 0 Å². The lowest BCUT2D eigenvalue weighted by Crippen LogP contribution is -2.48. The van der Waals surface area contributed by atoms with Crippen molar-refractivity contribution in [3.8, 4) is 0 Å². The van der Waals surface area contributed by atoms with E-state index in [4.69, 9.17) is 0 Å². The van der Waals surface area contributed by atoms with Gasteiger partial charge in [-0.2, -0.15) is 0 Å². The minimum atomic E-state index is -3.64. The fourth-order valence-electron chi connectivity index (χ4n) is 2.39. The van der Waals surface area contributed by atoms with E-state index in [0.29, 0.717) is 6.54 Å². The number of sulfonamides is 1. The van der Waals surface area contributed by atoms with E-state index < -0.39 is 14.9 Å². The van der Waals surface area contributed by atoms with Crippen molar-refractivity contribution in [2.45, 2.75) is 37.6 Å². The molecule has 2 rings (SSSR count). The van der Waals surface area contributed by atoms with Crippen molar-refractivity contribution in [1.82, 2.24) is 10.0 Å². The molecule has 122 valence electrons. The van der Waals surface area contributed by atoms with Crippen LogP contribution in [0.1, 0.15) is 26.7 Å². The normalized spacial score (nSPS) is 21.5. The fraction of sp³-hybridized carbons (Fsp3) is 0.571. The molecule has 22 heavy (non-hydrogen) atoms. The highest BCUT2D eigenvalue weighted by Gasteiger charge is 2.27. The molecule has 1 unspecified atom stereocenters. The Balaban J connectivity index is 1.95. The summed E-state index contributed by atoms with van der Waals surface area (Å²) in [5.74, 6) is 0. The molecule has 1 aromatic carbocycles. The van der Waals surface area contributed by atoms with Crippen LogP contribution in [0.15, 0.2) is 29.2 Å². The van der Waals surface area contributed by atoms with Crippen LogP contribution < -0.4 is 10.0 Å². The summed E-state index contributed by atoms with van der Waals surface area (Å²) in [4.78, 5) is 10.1. The third-order valence-electron chi connectivity index (χ3n) is 3.92. The molecule has 1 fully saturated rings. The first-order chi connectivity index (χ1) is 10.2. The summed E-state index contributed by atoms with van der Waals surface area (Å²) >= 11 is 0. The number of nitro benzene ring substituents is 1. The van der Waals surface area contributed by atoms with Gasteiger partial charge in [-0.15, -0.1) is 0 Å². The molecular weight excluding hydrogens is 306 g/mol. The van der Waals surface area contributed by atoms with Gasteiger partial charge in [-0.3, -0.25) is 10.1 Å². The van der Waals surface area contributed by atoms with Crippen LogP contribution in [0.3, 0.4) is 0 Å². The molecule has 0 spiro atoms. The number of hydrogen-bond acceptors (Lipinski definition) is 5. The van der Waals surface area contributed by atoms with E-state index >= 15 is 0 Å². The van der Waals surface area contributed by atoms with E-state index in [9.17, 15) is 18.5 Å². The number of rotatable bonds is 5. The van der Waals surface area contributed by atoms with Crippen molar-refractivity contribution < 1.29 is 13.3 Å². The molecule has 0 aromatic heterocycles. The topological polar surface area (TPSA) is 101 Å². The van der Waals surface area contributed by atoms with Crippen molar-refractivity contribution >= 4 is 15.7 Å². The van der Waals surface area contributed by atoms with E-state index in [0.717, 1.165) is 19.4 Å². The number of benzene rings is 1. The van der Waals surface area contributed by atoms with E-state index in [-0.39, 0.29) is 22.0 Å². The fourth-order valence-corrected chi connectivity index (χ4v) is 3.47. The number of nitrogens with one attached hydrogen (secondary N) is 2. The summed E-state index contributed by atoms with van der Waals surface area (Å²) < 4.78 is 26.9. The lowest BCUT2D eigenvalue weighted by Gasteiger charge is -2.35. The van der Waals surface area contributed by atoms with E-state index in [2.05, 4.69) is 23.9 Å². The quantitative estimate of drug-likeness (QED) is 0.632. The number of non-ortho nitro benzene ring substituents is 1. The van der Waals surface area contributed by atoms with Crippen LogP contribution in [-0.4, -0.2) is 32.5 Å². The smallest absolute Gasteiger partial charge is 0.269 e. The molecule has 0 saturated carbocycles. The van der Waals surface area contributed by atoms with Gasteiger partial charge >= 0.3 is 0 Å². The molecular formula is C14H21N3O4S. The minimum Gasteiger partial charge on any atom is -0.312 e. The highest BCUT2D eigenvalue weighted by Crippen LogP contribution is 2.26. The van der Waals surface area contributed by atoms with E-state index in [1.807, 2.05) is 0 Å². The summed E-state index contributed by atoms with van der Waals surface area (Å²) in [5.41, 5.74) is 0.114. The first kappa shape index (κ1) is 16.9. The van der Waals surface area contributed by atoms with Crippen LogP contribution in [0.4, 0.5) is 5.69 Å². The van der Waals surface area contributed by atoms with E-state index in [1.165, 1.54) is 24.3 Å². The first-order valence-electron chi connectivity index (χ1n) is 7.17. The maximum absolute atomic E-state index is 12.2. The van der Waals surface area contributed by atoms with Gasteiger partial charge in [0, 0.05) is 31.3 Å². The lowest BCUT2D eigenvalue weighted by atomic mass is 9.83. The predicted molar refractivity (Wildman–Crippen MR) is 83.1 cm³/mol. The van der Waals surface area contributed by atoms with Crippen molar-refractivity contribution in [3.05, 3.63) is 34.4 Å². The molecule has 0 bridgehead atoms. The van der Waals surface area contributed by atoms with Crippen LogP contribution in [0, 0.1) is 15.5 Å². The molecule has 0 radical (unpaired) electrons. The van der Waals surface area contributed by atoms with Gasteiger partial charge in [-0.25, -0.2) is 13.1 Å². The third-order valence-corrected chi connectivity index (χ3v) is 5.36. The monoisotopic (exact) mass is 327 g/mol. The zero-order valence-corrected chi connectivity index (χ0v) is 13.5. The number of hydrogen-bond donors (Lipinski definition) is 2. The predicted octanol–water partition coefficient (Wildman–Crippen LogP) is 1.65. The zero-order chi connectivity index (χ0) is 16.4. The summed E-state index contributed by atoms with van der Waals surface area (Å²) in [6.07, 6.45) is 1.96.